The highest BCUT2D eigenvalue weighted by molar-refractivity contribution is 7.80. The lowest BCUT2D eigenvalue weighted by molar-refractivity contribution is -0.121. The number of benzene rings is 2. The van der Waals surface area contributed by atoms with Crippen LogP contribution in [0.25, 0.3) is 0 Å². The second kappa shape index (κ2) is 10.1. The Labute approximate surface area is 189 Å². The van der Waals surface area contributed by atoms with E-state index < -0.39 is 0 Å². The predicted molar refractivity (Wildman–Crippen MR) is 126 cm³/mol. The van der Waals surface area contributed by atoms with Crippen molar-refractivity contribution < 1.29 is 9.53 Å². The van der Waals surface area contributed by atoms with E-state index in [0.29, 0.717) is 24.1 Å². The fraction of sp³-hybridized carbons (Fsp3) is 0.417. The largest absolute Gasteiger partial charge is 0.484 e. The van der Waals surface area contributed by atoms with E-state index in [1.54, 1.807) is 0 Å². The molecule has 1 saturated heterocycles. The van der Waals surface area contributed by atoms with E-state index in [2.05, 4.69) is 46.0 Å². The maximum absolute atomic E-state index is 12.5. The number of ether oxygens (including phenoxy) is 1. The number of nitrogens with zero attached hydrogens (tertiary/aromatic N) is 1. The number of rotatable bonds is 6. The Bertz CT molecular complexity index is 907. The van der Waals surface area contributed by atoms with Gasteiger partial charge in [0.25, 0.3) is 0 Å². The number of amides is 1. The Morgan fingerprint density at radius 3 is 2.74 bits per heavy atom. The molecule has 0 bridgehead atoms. The number of fused-ring (bicyclic) bond motifs is 1. The summed E-state index contributed by atoms with van der Waals surface area (Å²) in [7, 11) is 0. The van der Waals surface area contributed by atoms with Gasteiger partial charge in [0.05, 0.1) is 0 Å². The van der Waals surface area contributed by atoms with E-state index in [9.17, 15) is 4.79 Å². The van der Waals surface area contributed by atoms with E-state index >= 15 is 0 Å². The third kappa shape index (κ3) is 5.95. The Hall–Kier alpha value is -2.64. The van der Waals surface area contributed by atoms with Gasteiger partial charge in [-0.2, -0.15) is 0 Å². The number of para-hydroxylation sites is 1. The number of hydrogen-bond donors (Lipinski definition) is 3. The van der Waals surface area contributed by atoms with Crippen LogP contribution in [0.4, 0.5) is 0 Å². The quantitative estimate of drug-likeness (QED) is 0.603. The maximum atomic E-state index is 12.5. The van der Waals surface area contributed by atoms with Crippen molar-refractivity contribution in [2.75, 3.05) is 19.6 Å². The minimum absolute atomic E-state index is 0.0398. The molecule has 2 aliphatic rings. The first-order chi connectivity index (χ1) is 15.1. The van der Waals surface area contributed by atoms with E-state index in [0.717, 1.165) is 37.4 Å². The van der Waals surface area contributed by atoms with Crippen LogP contribution in [-0.2, 0) is 11.3 Å². The molecule has 164 valence electrons. The van der Waals surface area contributed by atoms with Crippen molar-refractivity contribution in [2.24, 2.45) is 0 Å². The van der Waals surface area contributed by atoms with Gasteiger partial charge in [0.1, 0.15) is 11.9 Å². The molecule has 1 fully saturated rings. The van der Waals surface area contributed by atoms with Crippen LogP contribution in [0.5, 0.6) is 5.75 Å². The van der Waals surface area contributed by atoms with Gasteiger partial charge in [-0.3, -0.25) is 9.69 Å². The first kappa shape index (κ1) is 21.6. The van der Waals surface area contributed by atoms with Gasteiger partial charge < -0.3 is 20.7 Å². The van der Waals surface area contributed by atoms with E-state index in [4.69, 9.17) is 17.0 Å². The van der Waals surface area contributed by atoms with Gasteiger partial charge in [0.2, 0.25) is 5.91 Å². The maximum Gasteiger partial charge on any atom is 0.222 e. The molecule has 2 aliphatic heterocycles. The summed E-state index contributed by atoms with van der Waals surface area (Å²) < 4.78 is 6.37. The van der Waals surface area contributed by atoms with Crippen LogP contribution >= 0.6 is 12.2 Å². The Morgan fingerprint density at radius 1 is 1.16 bits per heavy atom. The summed E-state index contributed by atoms with van der Waals surface area (Å²) >= 11 is 5.21. The van der Waals surface area contributed by atoms with Crippen LogP contribution in [0.2, 0.25) is 0 Å². The van der Waals surface area contributed by atoms with Gasteiger partial charge in [-0.05, 0) is 37.2 Å². The van der Waals surface area contributed by atoms with Crippen LogP contribution in [0.15, 0.2) is 54.6 Å². The minimum atomic E-state index is -0.0398. The van der Waals surface area contributed by atoms with Gasteiger partial charge >= 0.3 is 0 Å². The number of nitrogens with one attached hydrogen (secondary N) is 3. The average molecular weight is 439 g/mol. The zero-order valence-electron chi connectivity index (χ0n) is 17.8. The van der Waals surface area contributed by atoms with Crippen LogP contribution in [0.3, 0.4) is 0 Å². The average Bonchev–Trinajstić information content (AvgIpc) is 2.93. The molecule has 3 N–H and O–H groups in total. The van der Waals surface area contributed by atoms with Gasteiger partial charge in [-0.25, -0.2) is 0 Å². The zero-order valence-corrected chi connectivity index (χ0v) is 18.7. The topological polar surface area (TPSA) is 65.6 Å². The summed E-state index contributed by atoms with van der Waals surface area (Å²) in [6, 6.07) is 18.9. The molecule has 0 aliphatic carbocycles. The fourth-order valence-electron chi connectivity index (χ4n) is 4.27. The number of thiocarbonyl (C=S) groups is 1. The summed E-state index contributed by atoms with van der Waals surface area (Å²) in [6.45, 7) is 5.03. The lowest BCUT2D eigenvalue weighted by Crippen LogP contribution is -2.54. The van der Waals surface area contributed by atoms with Crippen molar-refractivity contribution in [1.82, 2.24) is 20.9 Å². The van der Waals surface area contributed by atoms with Crippen LogP contribution in [0.1, 0.15) is 37.0 Å². The van der Waals surface area contributed by atoms with E-state index in [1.165, 1.54) is 5.56 Å². The van der Waals surface area contributed by atoms with Gasteiger partial charge in [0, 0.05) is 50.2 Å². The monoisotopic (exact) mass is 438 g/mol. The minimum Gasteiger partial charge on any atom is -0.484 e. The van der Waals surface area contributed by atoms with Crippen LogP contribution < -0.4 is 20.7 Å². The highest BCUT2D eigenvalue weighted by Gasteiger charge is 2.25. The van der Waals surface area contributed by atoms with E-state index in [1.807, 2.05) is 36.4 Å². The Morgan fingerprint density at radius 2 is 1.94 bits per heavy atom. The summed E-state index contributed by atoms with van der Waals surface area (Å²) in [6.07, 6.45) is 1.28. The molecule has 6 nitrogen and oxygen atoms in total. The highest BCUT2D eigenvalue weighted by Crippen LogP contribution is 2.30. The molecule has 0 radical (unpaired) electrons. The second-order valence-electron chi connectivity index (χ2n) is 8.37. The normalized spacial score (nSPS) is 23.5. The van der Waals surface area contributed by atoms with Crippen molar-refractivity contribution >= 4 is 23.2 Å². The first-order valence-electron chi connectivity index (χ1n) is 10.9. The molecule has 1 amide bonds. The molecule has 2 aromatic carbocycles. The van der Waals surface area contributed by atoms with Gasteiger partial charge in [-0.15, -0.1) is 0 Å². The molecule has 3 atom stereocenters. The molecule has 0 spiro atoms. The van der Waals surface area contributed by atoms with Crippen LogP contribution in [0, 0.1) is 0 Å². The number of carbonyl (C=O) groups excluding carboxylic acids is 1. The molecule has 2 aromatic rings. The van der Waals surface area contributed by atoms with Crippen molar-refractivity contribution in [3.63, 3.8) is 0 Å². The van der Waals surface area contributed by atoms with Crippen molar-refractivity contribution in [3.8, 4) is 5.75 Å². The SMILES string of the molecule is C[C@@H]1C[C@@H](CC(=O)NCCN2Cc3ccccc3OC(c3ccccc3)C2)NC(=S)N1. The summed E-state index contributed by atoms with van der Waals surface area (Å²) in [5.74, 6) is 0.991. The molecule has 7 heteroatoms. The van der Waals surface area contributed by atoms with Crippen LogP contribution in [-0.4, -0.2) is 47.6 Å². The summed E-state index contributed by atoms with van der Waals surface area (Å²) in [5, 5.41) is 10.1. The zero-order chi connectivity index (χ0) is 21.6. The molecular formula is C24H30N4O2S. The van der Waals surface area contributed by atoms with Gasteiger partial charge in [-0.1, -0.05) is 48.5 Å². The summed E-state index contributed by atoms with van der Waals surface area (Å²) in [5.41, 5.74) is 2.34. The highest BCUT2D eigenvalue weighted by atomic mass is 32.1. The molecule has 4 rings (SSSR count). The van der Waals surface area contributed by atoms with Crippen molar-refractivity contribution in [3.05, 3.63) is 65.7 Å². The predicted octanol–water partition coefficient (Wildman–Crippen LogP) is 2.75. The fourth-order valence-corrected chi connectivity index (χ4v) is 4.64. The summed E-state index contributed by atoms with van der Waals surface area (Å²) in [4.78, 5) is 14.8. The molecule has 1 unspecified atom stereocenters. The van der Waals surface area contributed by atoms with Gasteiger partial charge in [0.15, 0.2) is 5.11 Å². The molecule has 0 aromatic heterocycles. The lowest BCUT2D eigenvalue weighted by atomic mass is 10.0. The molecule has 2 heterocycles. The smallest absolute Gasteiger partial charge is 0.222 e. The lowest BCUT2D eigenvalue weighted by Gasteiger charge is -2.30. The Balaban J connectivity index is 1.34. The first-order valence-corrected chi connectivity index (χ1v) is 11.3. The molecular weight excluding hydrogens is 408 g/mol. The number of carbonyl (C=O) groups is 1. The third-order valence-corrected chi connectivity index (χ3v) is 6.00. The van der Waals surface area contributed by atoms with Crippen molar-refractivity contribution in [1.29, 1.82) is 0 Å². The Kier molecular flexibility index (Phi) is 7.04. The molecule has 31 heavy (non-hydrogen) atoms. The van der Waals surface area contributed by atoms with Crippen molar-refractivity contribution in [2.45, 2.75) is 44.5 Å². The second-order valence-corrected chi connectivity index (χ2v) is 8.77. The number of hydrogen-bond acceptors (Lipinski definition) is 4. The third-order valence-electron chi connectivity index (χ3n) is 5.76. The van der Waals surface area contributed by atoms with E-state index in [-0.39, 0.29) is 18.1 Å². The standard InChI is InChI=1S/C24H30N4O2S/c1-17-13-20(27-24(31)26-17)14-23(29)25-11-12-28-15-19-9-5-6-10-21(19)30-22(16-28)18-7-3-2-4-8-18/h2-10,17,20,22H,11-16H2,1H3,(H,25,29)(H2,26,27,31)/t17-,20+,22?/m1/s1. The molecule has 0 saturated carbocycles.